The van der Waals surface area contributed by atoms with E-state index >= 15 is 0 Å². The second-order valence-electron chi connectivity index (χ2n) is 4.94. The number of amides is 1. The van der Waals surface area contributed by atoms with Crippen LogP contribution >= 0.6 is 15.9 Å². The monoisotopic (exact) mass is 295 g/mol. The molecule has 3 heteroatoms. The van der Waals surface area contributed by atoms with E-state index in [9.17, 15) is 4.79 Å². The molecule has 1 aliphatic rings. The van der Waals surface area contributed by atoms with Gasteiger partial charge in [0.1, 0.15) is 0 Å². The molecule has 0 bridgehead atoms. The number of rotatable bonds is 5. The fourth-order valence-corrected chi connectivity index (χ4v) is 2.92. The molecule has 0 spiro atoms. The Kier molecular flexibility index (Phi) is 3.87. The highest BCUT2D eigenvalue weighted by Crippen LogP contribution is 2.48. The predicted octanol–water partition coefficient (Wildman–Crippen LogP) is 3.29. The topological polar surface area (TPSA) is 29.1 Å². The lowest BCUT2D eigenvalue weighted by molar-refractivity contribution is 0.0944. The van der Waals surface area contributed by atoms with E-state index in [4.69, 9.17) is 0 Å². The Morgan fingerprint density at radius 3 is 2.71 bits per heavy atom. The fourth-order valence-electron chi connectivity index (χ4n) is 2.08. The molecule has 2 nitrogen and oxygen atoms in total. The normalized spacial score (nSPS) is 16.6. The first-order valence-corrected chi connectivity index (χ1v) is 7.19. The molecule has 1 amide bonds. The van der Waals surface area contributed by atoms with E-state index in [0.29, 0.717) is 5.41 Å². The van der Waals surface area contributed by atoms with E-state index in [1.807, 2.05) is 31.2 Å². The van der Waals surface area contributed by atoms with Crippen molar-refractivity contribution in [1.29, 1.82) is 0 Å². The Morgan fingerprint density at radius 2 is 2.12 bits per heavy atom. The van der Waals surface area contributed by atoms with Crippen LogP contribution in [0.2, 0.25) is 0 Å². The molecule has 0 radical (unpaired) electrons. The summed E-state index contributed by atoms with van der Waals surface area (Å²) in [5.41, 5.74) is 2.21. The van der Waals surface area contributed by atoms with Crippen molar-refractivity contribution in [2.24, 2.45) is 5.41 Å². The molecule has 92 valence electrons. The second-order valence-corrected chi connectivity index (χ2v) is 5.73. The summed E-state index contributed by atoms with van der Waals surface area (Å²) in [6.07, 6.45) is 3.64. The van der Waals surface area contributed by atoms with Gasteiger partial charge in [0.25, 0.3) is 5.91 Å². The van der Waals surface area contributed by atoms with Crippen LogP contribution in [0, 0.1) is 12.3 Å². The molecular formula is C14H18BrNO. The molecule has 0 aromatic heterocycles. The molecule has 1 fully saturated rings. The van der Waals surface area contributed by atoms with Crippen molar-refractivity contribution in [1.82, 2.24) is 5.32 Å². The maximum atomic E-state index is 12.0. The van der Waals surface area contributed by atoms with Gasteiger partial charge in [0.05, 0.1) is 0 Å². The average Bonchev–Trinajstić information content (AvgIpc) is 3.08. The average molecular weight is 296 g/mol. The van der Waals surface area contributed by atoms with E-state index in [0.717, 1.165) is 29.4 Å². The maximum absolute atomic E-state index is 12.0. The van der Waals surface area contributed by atoms with Crippen LogP contribution in [0.3, 0.4) is 0 Å². The zero-order valence-corrected chi connectivity index (χ0v) is 11.7. The van der Waals surface area contributed by atoms with Crippen molar-refractivity contribution in [2.75, 3.05) is 11.9 Å². The highest BCUT2D eigenvalue weighted by molar-refractivity contribution is 9.09. The van der Waals surface area contributed by atoms with E-state index < -0.39 is 0 Å². The summed E-state index contributed by atoms with van der Waals surface area (Å²) in [5.74, 6) is 0.0592. The van der Waals surface area contributed by atoms with Gasteiger partial charge in [-0.15, -0.1) is 0 Å². The molecule has 1 saturated carbocycles. The summed E-state index contributed by atoms with van der Waals surface area (Å²) in [4.78, 5) is 12.0. The molecule has 2 rings (SSSR count). The third-order valence-electron chi connectivity index (χ3n) is 3.60. The van der Waals surface area contributed by atoms with E-state index in [-0.39, 0.29) is 5.91 Å². The number of aryl methyl sites for hydroxylation is 1. The molecule has 17 heavy (non-hydrogen) atoms. The summed E-state index contributed by atoms with van der Waals surface area (Å²) < 4.78 is 0. The van der Waals surface area contributed by atoms with Crippen molar-refractivity contribution in [3.8, 4) is 0 Å². The van der Waals surface area contributed by atoms with Crippen molar-refractivity contribution in [3.63, 3.8) is 0 Å². The molecule has 0 heterocycles. The van der Waals surface area contributed by atoms with Crippen LogP contribution in [0.15, 0.2) is 24.3 Å². The molecule has 0 unspecified atom stereocenters. The highest BCUT2D eigenvalue weighted by Gasteiger charge is 2.41. The van der Waals surface area contributed by atoms with Gasteiger partial charge in [-0.2, -0.15) is 0 Å². The Hall–Kier alpha value is -0.830. The first kappa shape index (κ1) is 12.6. The molecule has 1 aromatic carbocycles. The Balaban J connectivity index is 1.92. The first-order valence-electron chi connectivity index (χ1n) is 6.07. The van der Waals surface area contributed by atoms with Gasteiger partial charge in [-0.1, -0.05) is 34.1 Å². The summed E-state index contributed by atoms with van der Waals surface area (Å²) >= 11 is 3.48. The lowest BCUT2D eigenvalue weighted by Crippen LogP contribution is -2.30. The third kappa shape index (κ3) is 3.09. The van der Waals surface area contributed by atoms with Crippen LogP contribution in [-0.2, 0) is 0 Å². The van der Waals surface area contributed by atoms with Crippen molar-refractivity contribution >= 4 is 21.8 Å². The summed E-state index contributed by atoms with van der Waals surface area (Å²) in [6.45, 7) is 2.78. The number of benzene rings is 1. The fraction of sp³-hybridized carbons (Fsp3) is 0.500. The Morgan fingerprint density at radius 1 is 1.41 bits per heavy atom. The molecular weight excluding hydrogens is 278 g/mol. The van der Waals surface area contributed by atoms with Gasteiger partial charge in [-0.25, -0.2) is 0 Å². The molecule has 1 N–H and O–H groups in total. The minimum Gasteiger partial charge on any atom is -0.351 e. The van der Waals surface area contributed by atoms with Gasteiger partial charge < -0.3 is 5.32 Å². The number of carbonyl (C=O) groups is 1. The number of hydrogen-bond acceptors (Lipinski definition) is 1. The van der Waals surface area contributed by atoms with E-state index in [1.54, 1.807) is 0 Å². The summed E-state index contributed by atoms with van der Waals surface area (Å²) in [7, 11) is 0. The van der Waals surface area contributed by atoms with Crippen molar-refractivity contribution in [3.05, 3.63) is 35.4 Å². The van der Waals surface area contributed by atoms with Gasteiger partial charge in [-0.3, -0.25) is 4.79 Å². The van der Waals surface area contributed by atoms with Gasteiger partial charge in [0.2, 0.25) is 0 Å². The van der Waals surface area contributed by atoms with Gasteiger partial charge in [0, 0.05) is 17.4 Å². The van der Waals surface area contributed by atoms with Crippen LogP contribution in [0.5, 0.6) is 0 Å². The Bertz CT molecular complexity index is 412. The summed E-state index contributed by atoms with van der Waals surface area (Å²) in [5, 5.41) is 4.09. The van der Waals surface area contributed by atoms with E-state index in [2.05, 4.69) is 21.2 Å². The molecule has 1 aromatic rings. The van der Waals surface area contributed by atoms with Gasteiger partial charge in [-0.05, 0) is 43.2 Å². The second kappa shape index (κ2) is 5.21. The maximum Gasteiger partial charge on any atom is 0.251 e. The minimum absolute atomic E-state index is 0.0592. The molecule has 1 aliphatic carbocycles. The molecule has 0 saturated heterocycles. The minimum atomic E-state index is 0.0592. The quantitative estimate of drug-likeness (QED) is 0.830. The highest BCUT2D eigenvalue weighted by atomic mass is 79.9. The van der Waals surface area contributed by atoms with E-state index in [1.165, 1.54) is 12.8 Å². The largest absolute Gasteiger partial charge is 0.351 e. The zero-order valence-electron chi connectivity index (χ0n) is 10.1. The summed E-state index contributed by atoms with van der Waals surface area (Å²) in [6, 6.07) is 7.72. The van der Waals surface area contributed by atoms with Crippen LogP contribution in [0.4, 0.5) is 0 Å². The number of nitrogens with one attached hydrogen (secondary N) is 1. The number of carbonyl (C=O) groups excluding carboxylic acids is 1. The van der Waals surface area contributed by atoms with Crippen molar-refractivity contribution in [2.45, 2.75) is 26.2 Å². The zero-order chi connectivity index (χ0) is 12.3. The van der Waals surface area contributed by atoms with Crippen LogP contribution in [0.1, 0.15) is 35.2 Å². The van der Waals surface area contributed by atoms with Gasteiger partial charge in [0.15, 0.2) is 0 Å². The predicted molar refractivity (Wildman–Crippen MR) is 73.6 cm³/mol. The third-order valence-corrected chi connectivity index (χ3v) is 3.99. The SMILES string of the molecule is Cc1ccccc1C(=O)NCC1(CCBr)CC1. The number of alkyl halides is 1. The molecule has 0 atom stereocenters. The van der Waals surface area contributed by atoms with Crippen LogP contribution < -0.4 is 5.32 Å². The number of halogens is 1. The Labute approximate surface area is 111 Å². The van der Waals surface area contributed by atoms with Crippen LogP contribution in [-0.4, -0.2) is 17.8 Å². The molecule has 0 aliphatic heterocycles. The number of hydrogen-bond donors (Lipinski definition) is 1. The van der Waals surface area contributed by atoms with Gasteiger partial charge >= 0.3 is 0 Å². The van der Waals surface area contributed by atoms with Crippen molar-refractivity contribution < 1.29 is 4.79 Å². The lowest BCUT2D eigenvalue weighted by atomic mass is 10.0. The standard InChI is InChI=1S/C14H18BrNO/c1-11-4-2-3-5-12(11)13(17)16-10-14(6-7-14)8-9-15/h2-5H,6-10H2,1H3,(H,16,17). The smallest absolute Gasteiger partial charge is 0.251 e. The first-order chi connectivity index (χ1) is 8.17. The lowest BCUT2D eigenvalue weighted by Gasteiger charge is -2.15. The van der Waals surface area contributed by atoms with Crippen LogP contribution in [0.25, 0.3) is 0 Å².